The van der Waals surface area contributed by atoms with Crippen molar-refractivity contribution in [2.75, 3.05) is 20.8 Å². The van der Waals surface area contributed by atoms with E-state index >= 15 is 0 Å². The summed E-state index contributed by atoms with van der Waals surface area (Å²) in [6.07, 6.45) is 1.80. The summed E-state index contributed by atoms with van der Waals surface area (Å²) in [5.41, 5.74) is 5.30. The van der Waals surface area contributed by atoms with Gasteiger partial charge in [0.15, 0.2) is 0 Å². The standard InChI is InChI=1S/C10H25NO3Si/c1-6-10(2,3)14-15(12-4,13-5)9-7-8-11/h6-9,11H2,1-5H3. The second kappa shape index (κ2) is 6.60. The maximum Gasteiger partial charge on any atom is 0.500 e. The van der Waals surface area contributed by atoms with Gasteiger partial charge in [-0.15, -0.1) is 0 Å². The SMILES string of the molecule is CCC(C)(C)O[Si](CCCN)(OC)OC. The fraction of sp³-hybridized carbons (Fsp3) is 1.00. The molecule has 2 N–H and O–H groups in total. The van der Waals surface area contributed by atoms with Crippen molar-refractivity contribution in [1.82, 2.24) is 0 Å². The molecule has 5 heteroatoms. The maximum atomic E-state index is 6.01. The van der Waals surface area contributed by atoms with E-state index in [-0.39, 0.29) is 5.60 Å². The summed E-state index contributed by atoms with van der Waals surface area (Å²) in [4.78, 5) is 0. The zero-order chi connectivity index (χ0) is 11.9. The Morgan fingerprint density at radius 1 is 1.20 bits per heavy atom. The molecular weight excluding hydrogens is 210 g/mol. The molecule has 0 aromatic rings. The van der Waals surface area contributed by atoms with Gasteiger partial charge >= 0.3 is 8.80 Å². The first-order valence-electron chi connectivity index (χ1n) is 5.46. The molecule has 0 heterocycles. The molecule has 0 aromatic heterocycles. The quantitative estimate of drug-likeness (QED) is 0.652. The first-order chi connectivity index (χ1) is 6.95. The second-order valence-electron chi connectivity index (χ2n) is 4.20. The molecule has 0 saturated heterocycles. The van der Waals surface area contributed by atoms with Crippen molar-refractivity contribution in [2.45, 2.75) is 45.3 Å². The molecule has 0 rings (SSSR count). The van der Waals surface area contributed by atoms with Gasteiger partial charge in [0.1, 0.15) is 0 Å². The van der Waals surface area contributed by atoms with Crippen LogP contribution in [-0.2, 0) is 13.3 Å². The minimum Gasteiger partial charge on any atom is -0.377 e. The largest absolute Gasteiger partial charge is 0.500 e. The van der Waals surface area contributed by atoms with Gasteiger partial charge in [0.2, 0.25) is 0 Å². The predicted octanol–water partition coefficient (Wildman–Crippen LogP) is 1.77. The molecule has 0 radical (unpaired) electrons. The molecule has 0 fully saturated rings. The van der Waals surface area contributed by atoms with Gasteiger partial charge < -0.3 is 19.0 Å². The molecule has 0 unspecified atom stereocenters. The number of nitrogens with two attached hydrogens (primary N) is 1. The zero-order valence-electron chi connectivity index (χ0n) is 10.6. The molecule has 92 valence electrons. The Kier molecular flexibility index (Phi) is 6.62. The monoisotopic (exact) mass is 235 g/mol. The molecule has 0 aliphatic heterocycles. The van der Waals surface area contributed by atoms with E-state index in [9.17, 15) is 0 Å². The highest BCUT2D eigenvalue weighted by molar-refractivity contribution is 6.60. The van der Waals surface area contributed by atoms with Crippen LogP contribution in [0.25, 0.3) is 0 Å². The number of hydrogen-bond acceptors (Lipinski definition) is 4. The Bertz CT molecular complexity index is 172. The van der Waals surface area contributed by atoms with E-state index in [1.54, 1.807) is 14.2 Å². The van der Waals surface area contributed by atoms with E-state index in [0.29, 0.717) is 6.54 Å². The number of rotatable bonds is 8. The first kappa shape index (κ1) is 15.1. The Hall–Kier alpha value is 0.0569. The van der Waals surface area contributed by atoms with Crippen LogP contribution in [0.1, 0.15) is 33.6 Å². The highest BCUT2D eigenvalue weighted by Crippen LogP contribution is 2.25. The van der Waals surface area contributed by atoms with Gasteiger partial charge in [-0.2, -0.15) is 0 Å². The minimum absolute atomic E-state index is 0.202. The van der Waals surface area contributed by atoms with Crippen LogP contribution in [0.2, 0.25) is 6.04 Å². The van der Waals surface area contributed by atoms with Gasteiger partial charge in [-0.25, -0.2) is 0 Å². The van der Waals surface area contributed by atoms with E-state index in [1.165, 1.54) is 0 Å². The van der Waals surface area contributed by atoms with Gasteiger partial charge in [0.05, 0.1) is 5.60 Å². The van der Waals surface area contributed by atoms with Crippen LogP contribution in [-0.4, -0.2) is 35.2 Å². The van der Waals surface area contributed by atoms with Crippen molar-refractivity contribution in [2.24, 2.45) is 5.73 Å². The normalized spacial score (nSPS) is 13.2. The minimum atomic E-state index is -2.50. The Balaban J connectivity index is 4.48. The molecule has 0 amide bonds. The van der Waals surface area contributed by atoms with Crippen LogP contribution >= 0.6 is 0 Å². The van der Waals surface area contributed by atoms with Crippen molar-refractivity contribution >= 4 is 8.80 Å². The lowest BCUT2D eigenvalue weighted by Crippen LogP contribution is -2.50. The van der Waals surface area contributed by atoms with Crippen LogP contribution in [0.3, 0.4) is 0 Å². The number of hydrogen-bond donors (Lipinski definition) is 1. The Labute approximate surface area is 94.5 Å². The van der Waals surface area contributed by atoms with Crippen molar-refractivity contribution in [3.63, 3.8) is 0 Å². The summed E-state index contributed by atoms with van der Waals surface area (Å²) in [5, 5.41) is 0. The zero-order valence-corrected chi connectivity index (χ0v) is 11.6. The lowest BCUT2D eigenvalue weighted by molar-refractivity contribution is 0.00295. The van der Waals surface area contributed by atoms with Gasteiger partial charge in [-0.1, -0.05) is 6.92 Å². The molecule has 0 aromatic carbocycles. The molecule has 0 aliphatic carbocycles. The third kappa shape index (κ3) is 5.08. The van der Waals surface area contributed by atoms with Crippen molar-refractivity contribution < 1.29 is 13.3 Å². The van der Waals surface area contributed by atoms with E-state index < -0.39 is 8.80 Å². The molecule has 0 spiro atoms. The summed E-state index contributed by atoms with van der Waals surface area (Å²) < 4.78 is 16.9. The molecule has 0 atom stereocenters. The van der Waals surface area contributed by atoms with Gasteiger partial charge in [0.25, 0.3) is 0 Å². The topological polar surface area (TPSA) is 53.7 Å². The van der Waals surface area contributed by atoms with E-state index in [4.69, 9.17) is 19.0 Å². The summed E-state index contributed by atoms with van der Waals surface area (Å²) in [6, 6.07) is 0.778. The van der Waals surface area contributed by atoms with E-state index in [0.717, 1.165) is 18.9 Å². The molecule has 4 nitrogen and oxygen atoms in total. The van der Waals surface area contributed by atoms with Crippen molar-refractivity contribution in [3.05, 3.63) is 0 Å². The average Bonchev–Trinajstić information content (AvgIpc) is 2.24. The smallest absolute Gasteiger partial charge is 0.377 e. The maximum absolute atomic E-state index is 6.01. The molecule has 0 bridgehead atoms. The van der Waals surface area contributed by atoms with Crippen molar-refractivity contribution in [3.8, 4) is 0 Å². The fourth-order valence-corrected chi connectivity index (χ4v) is 3.70. The summed E-state index contributed by atoms with van der Waals surface area (Å²) in [6.45, 7) is 6.83. The third-order valence-electron chi connectivity index (χ3n) is 2.59. The first-order valence-corrected chi connectivity index (χ1v) is 7.39. The van der Waals surface area contributed by atoms with E-state index in [2.05, 4.69) is 20.8 Å². The lowest BCUT2D eigenvalue weighted by atomic mass is 10.1. The van der Waals surface area contributed by atoms with Crippen molar-refractivity contribution in [1.29, 1.82) is 0 Å². The van der Waals surface area contributed by atoms with Gasteiger partial charge in [0, 0.05) is 20.3 Å². The summed E-state index contributed by atoms with van der Waals surface area (Å²) >= 11 is 0. The third-order valence-corrected chi connectivity index (χ3v) is 5.67. The molecule has 0 saturated carbocycles. The van der Waals surface area contributed by atoms with Crippen LogP contribution < -0.4 is 5.73 Å². The average molecular weight is 235 g/mol. The van der Waals surface area contributed by atoms with Crippen LogP contribution in [0, 0.1) is 0 Å². The summed E-state index contributed by atoms with van der Waals surface area (Å²) in [7, 11) is 0.801. The second-order valence-corrected chi connectivity index (χ2v) is 7.09. The molecule has 15 heavy (non-hydrogen) atoms. The van der Waals surface area contributed by atoms with Crippen LogP contribution in [0.4, 0.5) is 0 Å². The lowest BCUT2D eigenvalue weighted by Gasteiger charge is -2.35. The highest BCUT2D eigenvalue weighted by atomic mass is 28.4. The molecule has 0 aliphatic rings. The highest BCUT2D eigenvalue weighted by Gasteiger charge is 2.42. The van der Waals surface area contributed by atoms with E-state index in [1.807, 2.05) is 0 Å². The van der Waals surface area contributed by atoms with Crippen LogP contribution in [0.15, 0.2) is 0 Å². The van der Waals surface area contributed by atoms with Gasteiger partial charge in [-0.3, -0.25) is 0 Å². The summed E-state index contributed by atoms with van der Waals surface area (Å²) in [5.74, 6) is 0. The van der Waals surface area contributed by atoms with Gasteiger partial charge in [-0.05, 0) is 33.2 Å². The van der Waals surface area contributed by atoms with Crippen LogP contribution in [0.5, 0.6) is 0 Å². The Morgan fingerprint density at radius 2 is 1.73 bits per heavy atom. The molecular formula is C10H25NO3Si. The Morgan fingerprint density at radius 3 is 2.07 bits per heavy atom. The fourth-order valence-electron chi connectivity index (χ4n) is 1.23. The predicted molar refractivity (Wildman–Crippen MR) is 63.7 cm³/mol.